The Hall–Kier alpha value is -1.62. The summed E-state index contributed by atoms with van der Waals surface area (Å²) in [4.78, 5) is 0. The van der Waals surface area contributed by atoms with Crippen LogP contribution >= 0.6 is 11.7 Å². The van der Waals surface area contributed by atoms with Crippen LogP contribution < -0.4 is 9.47 Å². The highest BCUT2D eigenvalue weighted by atomic mass is 32.1. The molecular weight excluding hydrogens is 212 g/mol. The van der Waals surface area contributed by atoms with E-state index in [4.69, 9.17) is 9.47 Å². The molecule has 15 heavy (non-hydrogen) atoms. The number of hydrogen-bond acceptors (Lipinski definition) is 5. The minimum absolute atomic E-state index is 0.697. The number of benzene rings is 1. The van der Waals surface area contributed by atoms with E-state index >= 15 is 0 Å². The van der Waals surface area contributed by atoms with Crippen LogP contribution in [-0.4, -0.2) is 23.0 Å². The van der Waals surface area contributed by atoms with Gasteiger partial charge in [0.25, 0.3) is 0 Å². The third-order valence-electron chi connectivity index (χ3n) is 2.04. The summed E-state index contributed by atoms with van der Waals surface area (Å²) >= 11 is 1.19. The van der Waals surface area contributed by atoms with Crippen molar-refractivity contribution in [1.82, 2.24) is 8.75 Å². The van der Waals surface area contributed by atoms with Crippen LogP contribution in [0.3, 0.4) is 0 Å². The molecule has 0 unspecified atom stereocenters. The van der Waals surface area contributed by atoms with Gasteiger partial charge in [0.1, 0.15) is 5.69 Å². The molecule has 2 aromatic rings. The molecule has 2 rings (SSSR count). The molecule has 0 radical (unpaired) electrons. The zero-order chi connectivity index (χ0) is 10.7. The van der Waals surface area contributed by atoms with Crippen molar-refractivity contribution < 1.29 is 9.47 Å². The molecule has 0 N–H and O–H groups in total. The first-order chi connectivity index (χ1) is 7.35. The molecule has 0 amide bonds. The standard InChI is InChI=1S/C10H10N2O2S/c1-13-9-4-3-7(5-10(9)14-2)8-6-11-15-12-8/h3-6H,1-2H3. The van der Waals surface area contributed by atoms with Crippen molar-refractivity contribution in [3.05, 3.63) is 24.4 Å². The van der Waals surface area contributed by atoms with Crippen molar-refractivity contribution in [1.29, 1.82) is 0 Å². The Morgan fingerprint density at radius 3 is 2.53 bits per heavy atom. The second kappa shape index (κ2) is 4.27. The lowest BCUT2D eigenvalue weighted by atomic mass is 10.1. The molecule has 0 saturated heterocycles. The van der Waals surface area contributed by atoms with Crippen LogP contribution in [0.2, 0.25) is 0 Å². The lowest BCUT2D eigenvalue weighted by Gasteiger charge is -2.07. The maximum absolute atomic E-state index is 5.21. The maximum Gasteiger partial charge on any atom is 0.161 e. The van der Waals surface area contributed by atoms with Gasteiger partial charge in [0, 0.05) is 5.56 Å². The maximum atomic E-state index is 5.21. The van der Waals surface area contributed by atoms with Crippen molar-refractivity contribution in [2.75, 3.05) is 14.2 Å². The number of hydrogen-bond donors (Lipinski definition) is 0. The van der Waals surface area contributed by atoms with Crippen LogP contribution in [0.25, 0.3) is 11.3 Å². The van der Waals surface area contributed by atoms with Crippen LogP contribution in [0.5, 0.6) is 11.5 Å². The van der Waals surface area contributed by atoms with Crippen LogP contribution in [0.15, 0.2) is 24.4 Å². The summed E-state index contributed by atoms with van der Waals surface area (Å²) in [6.07, 6.45) is 1.73. The largest absolute Gasteiger partial charge is 0.493 e. The smallest absolute Gasteiger partial charge is 0.161 e. The third-order valence-corrected chi connectivity index (χ3v) is 2.52. The summed E-state index contributed by atoms with van der Waals surface area (Å²) < 4.78 is 18.5. The Morgan fingerprint density at radius 2 is 1.93 bits per heavy atom. The van der Waals surface area contributed by atoms with E-state index in [1.54, 1.807) is 20.4 Å². The Morgan fingerprint density at radius 1 is 1.13 bits per heavy atom. The first kappa shape index (κ1) is 9.92. The first-order valence-corrected chi connectivity index (χ1v) is 5.08. The highest BCUT2D eigenvalue weighted by Gasteiger charge is 2.07. The molecular formula is C10H10N2O2S. The monoisotopic (exact) mass is 222 g/mol. The Balaban J connectivity index is 2.43. The molecule has 0 aliphatic rings. The van der Waals surface area contributed by atoms with Gasteiger partial charge in [-0.1, -0.05) is 0 Å². The quantitative estimate of drug-likeness (QED) is 0.798. The Bertz CT molecular complexity index is 443. The van der Waals surface area contributed by atoms with Gasteiger partial charge in [-0.15, -0.1) is 0 Å². The molecule has 0 fully saturated rings. The molecule has 0 bridgehead atoms. The zero-order valence-electron chi connectivity index (χ0n) is 8.43. The van der Waals surface area contributed by atoms with Gasteiger partial charge in [-0.25, -0.2) is 0 Å². The fraction of sp³-hybridized carbons (Fsp3) is 0.200. The SMILES string of the molecule is COc1ccc(-c2cnsn2)cc1OC. The second-order valence-electron chi connectivity index (χ2n) is 2.86. The molecule has 1 heterocycles. The third kappa shape index (κ3) is 1.92. The topological polar surface area (TPSA) is 44.2 Å². The van der Waals surface area contributed by atoms with E-state index in [0.717, 1.165) is 11.3 Å². The molecule has 5 heteroatoms. The van der Waals surface area contributed by atoms with Crippen molar-refractivity contribution in [2.24, 2.45) is 0 Å². The van der Waals surface area contributed by atoms with Crippen LogP contribution in [0, 0.1) is 0 Å². The molecule has 0 aliphatic heterocycles. The van der Waals surface area contributed by atoms with E-state index in [0.29, 0.717) is 11.5 Å². The number of rotatable bonds is 3. The lowest BCUT2D eigenvalue weighted by Crippen LogP contribution is -1.90. The first-order valence-electron chi connectivity index (χ1n) is 4.35. The van der Waals surface area contributed by atoms with Gasteiger partial charge < -0.3 is 9.47 Å². The molecule has 0 aliphatic carbocycles. The normalized spacial score (nSPS) is 10.0. The van der Waals surface area contributed by atoms with E-state index in [2.05, 4.69) is 8.75 Å². The Kier molecular flexibility index (Phi) is 2.82. The Labute approximate surface area is 91.8 Å². The van der Waals surface area contributed by atoms with E-state index in [1.165, 1.54) is 11.7 Å². The summed E-state index contributed by atoms with van der Waals surface area (Å²) in [5.41, 5.74) is 1.82. The van der Waals surface area contributed by atoms with Gasteiger partial charge in [0.2, 0.25) is 0 Å². The highest BCUT2D eigenvalue weighted by Crippen LogP contribution is 2.31. The zero-order valence-corrected chi connectivity index (χ0v) is 9.25. The van der Waals surface area contributed by atoms with Crippen LogP contribution in [0.1, 0.15) is 0 Å². The van der Waals surface area contributed by atoms with Gasteiger partial charge >= 0.3 is 0 Å². The molecule has 1 aromatic carbocycles. The predicted octanol–water partition coefficient (Wildman–Crippen LogP) is 2.22. The summed E-state index contributed by atoms with van der Waals surface area (Å²) in [5.74, 6) is 1.41. The molecule has 0 saturated carbocycles. The van der Waals surface area contributed by atoms with Crippen molar-refractivity contribution >= 4 is 11.7 Å². The minimum atomic E-state index is 0.697. The molecule has 0 atom stereocenters. The van der Waals surface area contributed by atoms with E-state index in [-0.39, 0.29) is 0 Å². The fourth-order valence-corrected chi connectivity index (χ4v) is 1.72. The fourth-order valence-electron chi connectivity index (χ4n) is 1.29. The summed E-state index contributed by atoms with van der Waals surface area (Å²) in [6, 6.07) is 5.67. The number of ether oxygens (including phenoxy) is 2. The number of nitrogens with zero attached hydrogens (tertiary/aromatic N) is 2. The number of aromatic nitrogens is 2. The van der Waals surface area contributed by atoms with E-state index < -0.39 is 0 Å². The van der Waals surface area contributed by atoms with E-state index in [1.807, 2.05) is 18.2 Å². The lowest BCUT2D eigenvalue weighted by molar-refractivity contribution is 0.355. The minimum Gasteiger partial charge on any atom is -0.493 e. The van der Waals surface area contributed by atoms with Gasteiger partial charge in [-0.05, 0) is 18.2 Å². The number of methoxy groups -OCH3 is 2. The van der Waals surface area contributed by atoms with Crippen molar-refractivity contribution in [3.63, 3.8) is 0 Å². The van der Waals surface area contributed by atoms with Gasteiger partial charge in [-0.3, -0.25) is 0 Å². The van der Waals surface area contributed by atoms with E-state index in [9.17, 15) is 0 Å². The average molecular weight is 222 g/mol. The molecule has 78 valence electrons. The predicted molar refractivity (Wildman–Crippen MR) is 58.4 cm³/mol. The summed E-state index contributed by atoms with van der Waals surface area (Å²) in [6.45, 7) is 0. The molecule has 1 aromatic heterocycles. The average Bonchev–Trinajstić information content (AvgIpc) is 2.81. The van der Waals surface area contributed by atoms with Crippen LogP contribution in [-0.2, 0) is 0 Å². The molecule has 4 nitrogen and oxygen atoms in total. The van der Waals surface area contributed by atoms with Gasteiger partial charge in [-0.2, -0.15) is 8.75 Å². The van der Waals surface area contributed by atoms with Gasteiger partial charge in [0.05, 0.1) is 32.1 Å². The van der Waals surface area contributed by atoms with Crippen LogP contribution in [0.4, 0.5) is 0 Å². The molecule has 0 spiro atoms. The van der Waals surface area contributed by atoms with Gasteiger partial charge in [0.15, 0.2) is 11.5 Å². The highest BCUT2D eigenvalue weighted by molar-refractivity contribution is 6.99. The summed E-state index contributed by atoms with van der Waals surface area (Å²) in [7, 11) is 3.23. The second-order valence-corrected chi connectivity index (χ2v) is 3.42. The summed E-state index contributed by atoms with van der Waals surface area (Å²) in [5, 5.41) is 0. The van der Waals surface area contributed by atoms with Crippen molar-refractivity contribution in [2.45, 2.75) is 0 Å². The van der Waals surface area contributed by atoms with Crippen molar-refractivity contribution in [3.8, 4) is 22.8 Å².